The van der Waals surface area contributed by atoms with Crippen molar-refractivity contribution >= 4 is 12.0 Å². The molecule has 1 atom stereocenters. The first-order valence-electron chi connectivity index (χ1n) is 6.04. The molecule has 0 radical (unpaired) electrons. The van der Waals surface area contributed by atoms with Crippen molar-refractivity contribution in [2.24, 2.45) is 0 Å². The highest BCUT2D eigenvalue weighted by molar-refractivity contribution is 5.86. The molecule has 0 bridgehead atoms. The average molecular weight is 262 g/mol. The Morgan fingerprint density at radius 1 is 1.53 bits per heavy atom. The van der Waals surface area contributed by atoms with Gasteiger partial charge in [-0.1, -0.05) is 24.8 Å². The highest BCUT2D eigenvalue weighted by Crippen LogP contribution is 2.33. The molecule has 19 heavy (non-hydrogen) atoms. The molecular weight excluding hydrogens is 244 g/mol. The van der Waals surface area contributed by atoms with Gasteiger partial charge in [0.1, 0.15) is 6.10 Å². The van der Waals surface area contributed by atoms with E-state index in [2.05, 4.69) is 6.58 Å². The number of carboxylic acid groups (broad SMARTS) is 1. The topological polar surface area (TPSA) is 55.8 Å². The van der Waals surface area contributed by atoms with Gasteiger partial charge in [-0.15, -0.1) is 0 Å². The normalized spacial score (nSPS) is 12.1. The van der Waals surface area contributed by atoms with Crippen LogP contribution in [0.1, 0.15) is 19.4 Å². The smallest absolute Gasteiger partial charge is 0.328 e. The van der Waals surface area contributed by atoms with Crippen molar-refractivity contribution in [2.75, 3.05) is 6.61 Å². The maximum Gasteiger partial charge on any atom is 0.328 e. The van der Waals surface area contributed by atoms with Gasteiger partial charge in [-0.3, -0.25) is 0 Å². The summed E-state index contributed by atoms with van der Waals surface area (Å²) in [6.45, 7) is 7.89. The van der Waals surface area contributed by atoms with Crippen LogP contribution in [0.3, 0.4) is 0 Å². The first kappa shape index (κ1) is 14.8. The number of ether oxygens (including phenoxy) is 2. The Kier molecular flexibility index (Phi) is 5.67. The summed E-state index contributed by atoms with van der Waals surface area (Å²) < 4.78 is 11.2. The number of hydrogen-bond donors (Lipinski definition) is 1. The van der Waals surface area contributed by atoms with Crippen molar-refractivity contribution in [2.45, 2.75) is 20.0 Å². The Morgan fingerprint density at radius 2 is 2.26 bits per heavy atom. The standard InChI is InChI=1S/C15H18O4/c1-4-11(3)19-15-12(9-10-14(16)17)7-6-8-13(15)18-5-2/h4,6-11H,1,5H2,2-3H3,(H,16,17). The van der Waals surface area contributed by atoms with E-state index in [-0.39, 0.29) is 6.10 Å². The van der Waals surface area contributed by atoms with Gasteiger partial charge in [-0.25, -0.2) is 4.79 Å². The van der Waals surface area contributed by atoms with Crippen LogP contribution in [0.5, 0.6) is 11.5 Å². The van der Waals surface area contributed by atoms with E-state index in [9.17, 15) is 4.79 Å². The van der Waals surface area contributed by atoms with Gasteiger partial charge in [0.05, 0.1) is 6.61 Å². The molecule has 0 saturated carbocycles. The third-order valence-corrected chi connectivity index (χ3v) is 2.35. The molecule has 0 fully saturated rings. The third-order valence-electron chi connectivity index (χ3n) is 2.35. The average Bonchev–Trinajstić information content (AvgIpc) is 2.39. The van der Waals surface area contributed by atoms with E-state index < -0.39 is 5.97 Å². The van der Waals surface area contributed by atoms with Crippen molar-refractivity contribution < 1.29 is 19.4 Å². The number of aliphatic carboxylic acids is 1. The van der Waals surface area contributed by atoms with Gasteiger partial charge >= 0.3 is 5.97 Å². The van der Waals surface area contributed by atoms with E-state index in [1.165, 1.54) is 6.08 Å². The molecule has 1 N–H and O–H groups in total. The minimum atomic E-state index is -1.01. The molecule has 4 heteroatoms. The first-order chi connectivity index (χ1) is 9.08. The lowest BCUT2D eigenvalue weighted by Gasteiger charge is -2.17. The van der Waals surface area contributed by atoms with Crippen molar-refractivity contribution in [3.05, 3.63) is 42.5 Å². The van der Waals surface area contributed by atoms with Crippen LogP contribution in [0.4, 0.5) is 0 Å². The minimum Gasteiger partial charge on any atom is -0.490 e. The van der Waals surface area contributed by atoms with Crippen LogP contribution in [0.25, 0.3) is 6.08 Å². The summed E-state index contributed by atoms with van der Waals surface area (Å²) in [7, 11) is 0. The fraction of sp³-hybridized carbons (Fsp3) is 0.267. The molecule has 0 aliphatic carbocycles. The fourth-order valence-electron chi connectivity index (χ4n) is 1.45. The van der Waals surface area contributed by atoms with Crippen LogP contribution in [0.2, 0.25) is 0 Å². The highest BCUT2D eigenvalue weighted by Gasteiger charge is 2.11. The number of rotatable bonds is 7. The largest absolute Gasteiger partial charge is 0.490 e. The number of para-hydroxylation sites is 1. The lowest BCUT2D eigenvalue weighted by molar-refractivity contribution is -0.131. The third kappa shape index (κ3) is 4.50. The van der Waals surface area contributed by atoms with Crippen LogP contribution in [-0.2, 0) is 4.79 Å². The maximum atomic E-state index is 10.6. The SMILES string of the molecule is C=CC(C)Oc1c(C=CC(=O)O)cccc1OCC. The van der Waals surface area contributed by atoms with E-state index in [0.717, 1.165) is 6.08 Å². The molecule has 0 amide bonds. The molecule has 0 spiro atoms. The molecule has 1 aromatic rings. The molecule has 0 saturated heterocycles. The van der Waals surface area contributed by atoms with Gasteiger partial charge in [-0.2, -0.15) is 0 Å². The Hall–Kier alpha value is -2.23. The highest BCUT2D eigenvalue weighted by atomic mass is 16.5. The van der Waals surface area contributed by atoms with Crippen LogP contribution >= 0.6 is 0 Å². The monoisotopic (exact) mass is 262 g/mol. The van der Waals surface area contributed by atoms with E-state index in [4.69, 9.17) is 14.6 Å². The van der Waals surface area contributed by atoms with E-state index in [1.54, 1.807) is 24.3 Å². The van der Waals surface area contributed by atoms with Gasteiger partial charge in [0, 0.05) is 11.6 Å². The molecule has 1 unspecified atom stereocenters. The van der Waals surface area contributed by atoms with Crippen molar-refractivity contribution in [1.29, 1.82) is 0 Å². The number of benzene rings is 1. The van der Waals surface area contributed by atoms with Crippen molar-refractivity contribution in [1.82, 2.24) is 0 Å². The molecule has 4 nitrogen and oxygen atoms in total. The van der Waals surface area contributed by atoms with Crippen molar-refractivity contribution in [3.63, 3.8) is 0 Å². The molecule has 0 aliphatic heterocycles. The lowest BCUT2D eigenvalue weighted by Crippen LogP contribution is -2.10. The van der Waals surface area contributed by atoms with Crippen LogP contribution in [0, 0.1) is 0 Å². The van der Waals surface area contributed by atoms with Gasteiger partial charge in [0.2, 0.25) is 0 Å². The molecule has 0 aliphatic rings. The summed E-state index contributed by atoms with van der Waals surface area (Å²) in [5.74, 6) is 0.0996. The molecule has 1 aromatic carbocycles. The zero-order valence-electron chi connectivity index (χ0n) is 11.1. The van der Waals surface area contributed by atoms with Gasteiger partial charge in [-0.05, 0) is 26.0 Å². The number of hydrogen-bond acceptors (Lipinski definition) is 3. The Bertz CT molecular complexity index is 477. The fourth-order valence-corrected chi connectivity index (χ4v) is 1.45. The van der Waals surface area contributed by atoms with Crippen LogP contribution in [-0.4, -0.2) is 23.8 Å². The quantitative estimate of drug-likeness (QED) is 0.606. The van der Waals surface area contributed by atoms with Gasteiger partial charge < -0.3 is 14.6 Å². The Morgan fingerprint density at radius 3 is 2.84 bits per heavy atom. The maximum absolute atomic E-state index is 10.6. The second kappa shape index (κ2) is 7.26. The van der Waals surface area contributed by atoms with E-state index in [0.29, 0.717) is 23.7 Å². The van der Waals surface area contributed by atoms with Gasteiger partial charge in [0.15, 0.2) is 11.5 Å². The van der Waals surface area contributed by atoms with Crippen LogP contribution < -0.4 is 9.47 Å². The lowest BCUT2D eigenvalue weighted by atomic mass is 10.1. The number of carbonyl (C=O) groups is 1. The predicted molar refractivity (Wildman–Crippen MR) is 74.6 cm³/mol. The summed E-state index contributed by atoms with van der Waals surface area (Å²) in [4.78, 5) is 10.6. The molecule has 0 aromatic heterocycles. The second-order valence-corrected chi connectivity index (χ2v) is 3.84. The van der Waals surface area contributed by atoms with E-state index in [1.807, 2.05) is 13.8 Å². The van der Waals surface area contributed by atoms with E-state index >= 15 is 0 Å². The summed E-state index contributed by atoms with van der Waals surface area (Å²) >= 11 is 0. The van der Waals surface area contributed by atoms with Crippen LogP contribution in [0.15, 0.2) is 36.9 Å². The molecule has 1 rings (SSSR count). The predicted octanol–water partition coefficient (Wildman–Crippen LogP) is 3.14. The summed E-state index contributed by atoms with van der Waals surface area (Å²) in [5.41, 5.74) is 0.655. The Labute approximate surface area is 113 Å². The second-order valence-electron chi connectivity index (χ2n) is 3.84. The minimum absolute atomic E-state index is 0.196. The summed E-state index contributed by atoms with van der Waals surface area (Å²) in [6.07, 6.45) is 4.01. The molecular formula is C15H18O4. The zero-order valence-corrected chi connectivity index (χ0v) is 11.1. The van der Waals surface area contributed by atoms with Gasteiger partial charge in [0.25, 0.3) is 0 Å². The first-order valence-corrected chi connectivity index (χ1v) is 6.04. The Balaban J connectivity index is 3.16. The molecule has 0 heterocycles. The molecule has 102 valence electrons. The summed E-state index contributed by atoms with van der Waals surface area (Å²) in [6, 6.07) is 5.35. The zero-order chi connectivity index (χ0) is 14.3. The number of carboxylic acids is 1. The summed E-state index contributed by atoms with van der Waals surface area (Å²) in [5, 5.41) is 8.69. The van der Waals surface area contributed by atoms with Crippen molar-refractivity contribution in [3.8, 4) is 11.5 Å².